The van der Waals surface area contributed by atoms with Gasteiger partial charge in [0.05, 0.1) is 15.6 Å². The summed E-state index contributed by atoms with van der Waals surface area (Å²) in [6, 6.07) is 10.2. The molecule has 0 saturated heterocycles. The van der Waals surface area contributed by atoms with Crippen molar-refractivity contribution in [3.8, 4) is 5.75 Å². The van der Waals surface area contributed by atoms with Crippen LogP contribution in [0.5, 0.6) is 5.75 Å². The Morgan fingerprint density at radius 2 is 1.80 bits per heavy atom. The molecular weight excluding hydrogens is 424 g/mol. The minimum Gasteiger partial charge on any atom is -0.483 e. The fraction of sp³-hybridized carbons (Fsp3) is 0.409. The molecule has 0 atom stereocenters. The van der Waals surface area contributed by atoms with Crippen LogP contribution in [0.3, 0.4) is 0 Å². The lowest BCUT2D eigenvalue weighted by Crippen LogP contribution is -2.30. The van der Waals surface area contributed by atoms with Crippen LogP contribution in [0.15, 0.2) is 41.3 Å². The van der Waals surface area contributed by atoms with Crippen molar-refractivity contribution in [1.82, 2.24) is 4.31 Å². The zero-order valence-corrected chi connectivity index (χ0v) is 19.6. The number of nitrogens with one attached hydrogen (secondary N) is 1. The number of aryl methyl sites for hydroxylation is 1. The molecule has 0 aliphatic carbocycles. The molecule has 0 saturated carbocycles. The van der Waals surface area contributed by atoms with Crippen molar-refractivity contribution in [2.75, 3.05) is 25.0 Å². The van der Waals surface area contributed by atoms with Gasteiger partial charge in [0, 0.05) is 13.1 Å². The first kappa shape index (κ1) is 24.2. The number of amides is 1. The molecule has 0 fully saturated rings. The second-order valence-corrected chi connectivity index (χ2v) is 9.61. The van der Waals surface area contributed by atoms with Crippen molar-refractivity contribution >= 4 is 33.2 Å². The highest BCUT2D eigenvalue weighted by atomic mass is 35.5. The number of benzene rings is 2. The number of carbonyl (C=O) groups excluding carboxylic acids is 1. The summed E-state index contributed by atoms with van der Waals surface area (Å²) in [6.45, 7) is 10.1. The van der Waals surface area contributed by atoms with E-state index in [2.05, 4.69) is 19.2 Å². The van der Waals surface area contributed by atoms with Crippen LogP contribution in [-0.2, 0) is 14.8 Å². The molecule has 0 bridgehead atoms. The first-order valence-corrected chi connectivity index (χ1v) is 11.7. The number of anilines is 1. The summed E-state index contributed by atoms with van der Waals surface area (Å²) in [5.74, 6) is 0.481. The Hall–Kier alpha value is -2.09. The lowest BCUT2D eigenvalue weighted by Gasteiger charge is -2.19. The fourth-order valence-electron chi connectivity index (χ4n) is 3.05. The van der Waals surface area contributed by atoms with Crippen LogP contribution in [-0.4, -0.2) is 38.3 Å². The third-order valence-corrected chi connectivity index (χ3v) is 7.08. The van der Waals surface area contributed by atoms with E-state index in [9.17, 15) is 13.2 Å². The SMILES string of the molecule is CCN(CC)S(=O)(=O)c1ccc(Cl)c(NC(=O)COc2cc(C)ccc2C(C)C)c1. The van der Waals surface area contributed by atoms with Gasteiger partial charge in [0.1, 0.15) is 5.75 Å². The van der Waals surface area contributed by atoms with Crippen LogP contribution in [0.25, 0.3) is 0 Å². The van der Waals surface area contributed by atoms with E-state index in [0.29, 0.717) is 18.8 Å². The molecular formula is C22H29ClN2O4S. The topological polar surface area (TPSA) is 75.7 Å². The van der Waals surface area contributed by atoms with E-state index in [-0.39, 0.29) is 28.1 Å². The number of hydrogen-bond acceptors (Lipinski definition) is 4. The van der Waals surface area contributed by atoms with Gasteiger partial charge in [-0.3, -0.25) is 4.79 Å². The van der Waals surface area contributed by atoms with Crippen molar-refractivity contribution in [3.63, 3.8) is 0 Å². The summed E-state index contributed by atoms with van der Waals surface area (Å²) in [6.07, 6.45) is 0. The minimum atomic E-state index is -3.66. The zero-order valence-electron chi connectivity index (χ0n) is 18.0. The lowest BCUT2D eigenvalue weighted by molar-refractivity contribution is -0.118. The van der Waals surface area contributed by atoms with E-state index in [0.717, 1.165) is 11.1 Å². The monoisotopic (exact) mass is 452 g/mol. The number of halogens is 1. The minimum absolute atomic E-state index is 0.0765. The van der Waals surface area contributed by atoms with E-state index in [4.69, 9.17) is 16.3 Å². The molecule has 0 heterocycles. The average Bonchev–Trinajstić information content (AvgIpc) is 2.68. The molecule has 2 aromatic carbocycles. The summed E-state index contributed by atoms with van der Waals surface area (Å²) < 4.78 is 32.6. The molecule has 0 unspecified atom stereocenters. The van der Waals surface area contributed by atoms with Crippen LogP contribution in [0, 0.1) is 6.92 Å². The molecule has 2 aromatic rings. The maximum atomic E-state index is 12.7. The van der Waals surface area contributed by atoms with Gasteiger partial charge in [0.15, 0.2) is 6.61 Å². The van der Waals surface area contributed by atoms with Crippen LogP contribution in [0.2, 0.25) is 5.02 Å². The van der Waals surface area contributed by atoms with Crippen molar-refractivity contribution < 1.29 is 17.9 Å². The third kappa shape index (κ3) is 5.74. The average molecular weight is 453 g/mol. The van der Waals surface area contributed by atoms with Crippen molar-refractivity contribution in [3.05, 3.63) is 52.5 Å². The first-order chi connectivity index (χ1) is 14.1. The lowest BCUT2D eigenvalue weighted by atomic mass is 10.0. The Morgan fingerprint density at radius 3 is 2.40 bits per heavy atom. The van der Waals surface area contributed by atoms with Gasteiger partial charge in [-0.2, -0.15) is 4.31 Å². The van der Waals surface area contributed by atoms with Gasteiger partial charge in [-0.15, -0.1) is 0 Å². The first-order valence-electron chi connectivity index (χ1n) is 9.93. The predicted molar refractivity (Wildman–Crippen MR) is 121 cm³/mol. The van der Waals surface area contributed by atoms with Crippen LogP contribution >= 0.6 is 11.6 Å². The smallest absolute Gasteiger partial charge is 0.262 e. The second-order valence-electron chi connectivity index (χ2n) is 7.26. The van der Waals surface area contributed by atoms with E-state index in [1.54, 1.807) is 13.8 Å². The van der Waals surface area contributed by atoms with Crippen molar-refractivity contribution in [1.29, 1.82) is 0 Å². The van der Waals surface area contributed by atoms with Crippen molar-refractivity contribution in [2.45, 2.75) is 45.4 Å². The van der Waals surface area contributed by atoms with Gasteiger partial charge in [-0.1, -0.05) is 51.4 Å². The molecule has 0 aliphatic heterocycles. The summed E-state index contributed by atoms with van der Waals surface area (Å²) >= 11 is 6.18. The quantitative estimate of drug-likeness (QED) is 0.591. The van der Waals surface area contributed by atoms with Crippen LogP contribution < -0.4 is 10.1 Å². The Balaban J connectivity index is 2.17. The molecule has 2 rings (SSSR count). The number of ether oxygens (including phenoxy) is 1. The molecule has 30 heavy (non-hydrogen) atoms. The van der Waals surface area contributed by atoms with Gasteiger partial charge in [0.2, 0.25) is 10.0 Å². The molecule has 0 aliphatic rings. The second kappa shape index (κ2) is 10.3. The molecule has 0 aromatic heterocycles. The predicted octanol–water partition coefficient (Wildman–Crippen LogP) is 4.82. The zero-order chi connectivity index (χ0) is 22.5. The Bertz CT molecular complexity index is 1000. The van der Waals surface area contributed by atoms with Crippen molar-refractivity contribution in [2.24, 2.45) is 0 Å². The summed E-state index contributed by atoms with van der Waals surface area (Å²) in [4.78, 5) is 12.5. The van der Waals surface area contributed by atoms with Crippen LogP contribution in [0.4, 0.5) is 5.69 Å². The molecule has 0 spiro atoms. The Kier molecular flexibility index (Phi) is 8.29. The standard InChI is InChI=1S/C22H29ClN2O4S/c1-6-25(7-2)30(27,28)17-9-11-19(23)20(13-17)24-22(26)14-29-21-12-16(5)8-10-18(21)15(3)4/h8-13,15H,6-7,14H2,1-5H3,(H,24,26). The van der Waals surface area contributed by atoms with E-state index in [1.807, 2.05) is 25.1 Å². The van der Waals surface area contributed by atoms with Crippen LogP contribution in [0.1, 0.15) is 44.7 Å². The third-order valence-electron chi connectivity index (χ3n) is 4.70. The number of rotatable bonds is 9. The van der Waals surface area contributed by atoms with E-state index in [1.165, 1.54) is 22.5 Å². The van der Waals surface area contributed by atoms with E-state index >= 15 is 0 Å². The maximum absolute atomic E-state index is 12.7. The largest absolute Gasteiger partial charge is 0.483 e. The van der Waals surface area contributed by atoms with Gasteiger partial charge < -0.3 is 10.1 Å². The highest BCUT2D eigenvalue weighted by molar-refractivity contribution is 7.89. The highest BCUT2D eigenvalue weighted by Crippen LogP contribution is 2.29. The molecule has 1 N–H and O–H groups in total. The number of carbonyl (C=O) groups is 1. The Morgan fingerprint density at radius 1 is 1.13 bits per heavy atom. The molecule has 164 valence electrons. The normalized spacial score (nSPS) is 11.7. The van der Waals surface area contributed by atoms with Gasteiger partial charge in [-0.25, -0.2) is 8.42 Å². The highest BCUT2D eigenvalue weighted by Gasteiger charge is 2.23. The molecule has 6 nitrogen and oxygen atoms in total. The summed E-state index contributed by atoms with van der Waals surface area (Å²) in [7, 11) is -3.66. The Labute approximate surface area is 184 Å². The molecule has 8 heteroatoms. The van der Waals surface area contributed by atoms with Gasteiger partial charge in [0.25, 0.3) is 5.91 Å². The van der Waals surface area contributed by atoms with Gasteiger partial charge >= 0.3 is 0 Å². The molecule has 1 amide bonds. The van der Waals surface area contributed by atoms with Gasteiger partial charge in [-0.05, 0) is 48.2 Å². The number of hydrogen-bond donors (Lipinski definition) is 1. The fourth-order valence-corrected chi connectivity index (χ4v) is 4.70. The maximum Gasteiger partial charge on any atom is 0.262 e. The summed E-state index contributed by atoms with van der Waals surface area (Å²) in [5.41, 5.74) is 2.28. The van der Waals surface area contributed by atoms with E-state index < -0.39 is 15.9 Å². The molecule has 0 radical (unpaired) electrons. The number of nitrogens with zero attached hydrogens (tertiary/aromatic N) is 1. The number of sulfonamides is 1. The summed E-state index contributed by atoms with van der Waals surface area (Å²) in [5, 5.41) is 2.90.